The summed E-state index contributed by atoms with van der Waals surface area (Å²) in [7, 11) is 0. The van der Waals surface area contributed by atoms with Crippen molar-refractivity contribution in [3.05, 3.63) is 99.3 Å². The third-order valence-corrected chi connectivity index (χ3v) is 4.55. The van der Waals surface area contributed by atoms with Crippen molar-refractivity contribution >= 4 is 28.1 Å². The van der Waals surface area contributed by atoms with Gasteiger partial charge in [-0.2, -0.15) is 5.10 Å². The van der Waals surface area contributed by atoms with Crippen molar-refractivity contribution in [2.45, 2.75) is 6.54 Å². The fourth-order valence-corrected chi connectivity index (χ4v) is 3.10. The molecule has 1 heterocycles. The molecular weight excluding hydrogens is 384 g/mol. The van der Waals surface area contributed by atoms with Crippen molar-refractivity contribution in [3.63, 3.8) is 0 Å². The van der Waals surface area contributed by atoms with Crippen LogP contribution < -0.4 is 10.9 Å². The number of rotatable bonds is 5. The van der Waals surface area contributed by atoms with Crippen LogP contribution in [-0.4, -0.2) is 20.6 Å². The zero-order chi connectivity index (χ0) is 21.1. The van der Waals surface area contributed by atoms with Crippen molar-refractivity contribution in [1.82, 2.24) is 9.78 Å². The summed E-state index contributed by atoms with van der Waals surface area (Å²) in [6.07, 6.45) is 0. The average Bonchev–Trinajstić information content (AvgIpc) is 2.75. The number of benzene rings is 3. The topological polar surface area (TPSA) is 107 Å². The Morgan fingerprint density at radius 3 is 2.57 bits per heavy atom. The summed E-state index contributed by atoms with van der Waals surface area (Å²) < 4.78 is 1.07. The van der Waals surface area contributed by atoms with Gasteiger partial charge in [-0.25, -0.2) is 4.68 Å². The van der Waals surface area contributed by atoms with E-state index in [-0.39, 0.29) is 17.9 Å². The molecule has 0 radical (unpaired) electrons. The maximum atomic E-state index is 12.4. The molecule has 0 saturated carbocycles. The SMILES string of the molecule is O=C(Cn1nc(-c2ccc3ccccc3c2)ccc1=O)Nc1cccc([N+](=O)[O-])c1. The van der Waals surface area contributed by atoms with Gasteiger partial charge in [-0.15, -0.1) is 0 Å². The van der Waals surface area contributed by atoms with Crippen LogP contribution in [0.5, 0.6) is 0 Å². The molecule has 0 unspecified atom stereocenters. The Morgan fingerprint density at radius 2 is 1.77 bits per heavy atom. The van der Waals surface area contributed by atoms with E-state index in [1.54, 1.807) is 6.07 Å². The van der Waals surface area contributed by atoms with Crippen molar-refractivity contribution in [3.8, 4) is 11.3 Å². The van der Waals surface area contributed by atoms with Gasteiger partial charge in [0.05, 0.1) is 10.6 Å². The molecule has 0 aliphatic carbocycles. The fraction of sp³-hybridized carbons (Fsp3) is 0.0455. The first-order valence-electron chi connectivity index (χ1n) is 9.11. The first kappa shape index (κ1) is 19.0. The minimum absolute atomic E-state index is 0.138. The predicted molar refractivity (Wildman–Crippen MR) is 113 cm³/mol. The van der Waals surface area contributed by atoms with Crippen molar-refractivity contribution < 1.29 is 9.72 Å². The molecule has 0 atom stereocenters. The van der Waals surface area contributed by atoms with Gasteiger partial charge in [-0.1, -0.05) is 42.5 Å². The molecule has 1 N–H and O–H groups in total. The third kappa shape index (κ3) is 4.07. The normalized spacial score (nSPS) is 10.7. The Morgan fingerprint density at radius 1 is 0.967 bits per heavy atom. The van der Waals surface area contributed by atoms with Crippen molar-refractivity contribution in [1.29, 1.82) is 0 Å². The third-order valence-electron chi connectivity index (χ3n) is 4.55. The summed E-state index contributed by atoms with van der Waals surface area (Å²) in [5.41, 5.74) is 1.09. The van der Waals surface area contributed by atoms with Crippen LogP contribution in [0.25, 0.3) is 22.0 Å². The van der Waals surface area contributed by atoms with Crippen LogP contribution in [0, 0.1) is 10.1 Å². The highest BCUT2D eigenvalue weighted by Gasteiger charge is 2.11. The lowest BCUT2D eigenvalue weighted by Crippen LogP contribution is -2.29. The highest BCUT2D eigenvalue weighted by Crippen LogP contribution is 2.22. The second-order valence-corrected chi connectivity index (χ2v) is 6.63. The van der Waals surface area contributed by atoms with Crippen LogP contribution in [0.4, 0.5) is 11.4 Å². The predicted octanol–water partition coefficient (Wildman–Crippen LogP) is 3.61. The Hall–Kier alpha value is -4.33. The van der Waals surface area contributed by atoms with Gasteiger partial charge in [0.25, 0.3) is 11.2 Å². The molecule has 0 aliphatic rings. The smallest absolute Gasteiger partial charge is 0.271 e. The van der Waals surface area contributed by atoms with Crippen LogP contribution >= 0.6 is 0 Å². The number of nitrogens with zero attached hydrogens (tertiary/aromatic N) is 3. The molecule has 0 bridgehead atoms. The molecule has 4 rings (SSSR count). The summed E-state index contributed by atoms with van der Waals surface area (Å²) in [6.45, 7) is -0.317. The second kappa shape index (κ2) is 7.96. The standard InChI is InChI=1S/C22H16N4O4/c27-21(23-18-6-3-7-19(13-18)26(29)30)14-25-22(28)11-10-20(24-25)17-9-8-15-4-1-2-5-16(15)12-17/h1-13H,14H2,(H,23,27). The number of fused-ring (bicyclic) bond motifs is 1. The van der Waals surface area contributed by atoms with E-state index in [1.807, 2.05) is 42.5 Å². The lowest BCUT2D eigenvalue weighted by molar-refractivity contribution is -0.384. The van der Waals surface area contributed by atoms with E-state index in [2.05, 4.69) is 10.4 Å². The number of non-ortho nitro benzene ring substituents is 1. The average molecular weight is 400 g/mol. The maximum absolute atomic E-state index is 12.4. The molecule has 4 aromatic rings. The van der Waals surface area contributed by atoms with Gasteiger partial charge in [-0.3, -0.25) is 19.7 Å². The Labute approximate surface area is 170 Å². The molecule has 8 nitrogen and oxygen atoms in total. The van der Waals surface area contributed by atoms with E-state index in [9.17, 15) is 19.7 Å². The molecule has 1 amide bonds. The lowest BCUT2D eigenvalue weighted by atomic mass is 10.1. The molecule has 8 heteroatoms. The van der Waals surface area contributed by atoms with Gasteiger partial charge < -0.3 is 5.32 Å². The molecule has 1 aromatic heterocycles. The van der Waals surface area contributed by atoms with E-state index in [4.69, 9.17) is 0 Å². The van der Waals surface area contributed by atoms with Crippen LogP contribution in [0.1, 0.15) is 0 Å². The molecule has 0 spiro atoms. The van der Waals surface area contributed by atoms with Gasteiger partial charge in [0.2, 0.25) is 5.91 Å². The Kier molecular flexibility index (Phi) is 5.04. The van der Waals surface area contributed by atoms with Gasteiger partial charge in [0.15, 0.2) is 0 Å². The Balaban J connectivity index is 1.57. The number of hydrogen-bond acceptors (Lipinski definition) is 5. The molecule has 0 aliphatic heterocycles. The molecule has 3 aromatic carbocycles. The van der Waals surface area contributed by atoms with E-state index in [0.717, 1.165) is 21.0 Å². The second-order valence-electron chi connectivity index (χ2n) is 6.63. The summed E-state index contributed by atoms with van der Waals surface area (Å²) in [5, 5.41) is 19.9. The van der Waals surface area contributed by atoms with Crippen LogP contribution in [0.15, 0.2) is 83.7 Å². The van der Waals surface area contributed by atoms with E-state index in [1.165, 1.54) is 30.3 Å². The monoisotopic (exact) mass is 400 g/mol. The number of amides is 1. The maximum Gasteiger partial charge on any atom is 0.271 e. The lowest BCUT2D eigenvalue weighted by Gasteiger charge is -2.09. The fourth-order valence-electron chi connectivity index (χ4n) is 3.10. The first-order chi connectivity index (χ1) is 14.5. The van der Waals surface area contributed by atoms with Gasteiger partial charge in [0.1, 0.15) is 6.54 Å². The van der Waals surface area contributed by atoms with Crippen LogP contribution in [0.3, 0.4) is 0 Å². The number of nitro benzene ring substituents is 1. The largest absolute Gasteiger partial charge is 0.324 e. The number of nitrogens with one attached hydrogen (secondary N) is 1. The minimum Gasteiger partial charge on any atom is -0.324 e. The Bertz CT molecular complexity index is 1330. The van der Waals surface area contributed by atoms with Crippen molar-refractivity contribution in [2.24, 2.45) is 0 Å². The summed E-state index contributed by atoms with van der Waals surface area (Å²) >= 11 is 0. The van der Waals surface area contributed by atoms with E-state index < -0.39 is 16.4 Å². The molecule has 0 fully saturated rings. The van der Waals surface area contributed by atoms with Crippen LogP contribution in [-0.2, 0) is 11.3 Å². The zero-order valence-electron chi connectivity index (χ0n) is 15.7. The number of aromatic nitrogens is 2. The van der Waals surface area contributed by atoms with E-state index >= 15 is 0 Å². The summed E-state index contributed by atoms with van der Waals surface area (Å²) in [6, 6.07) is 22.3. The molecular formula is C22H16N4O4. The highest BCUT2D eigenvalue weighted by molar-refractivity contribution is 5.91. The van der Waals surface area contributed by atoms with Gasteiger partial charge in [-0.05, 0) is 29.0 Å². The molecule has 148 valence electrons. The van der Waals surface area contributed by atoms with Crippen LogP contribution in [0.2, 0.25) is 0 Å². The van der Waals surface area contributed by atoms with Crippen molar-refractivity contribution in [2.75, 3.05) is 5.32 Å². The minimum atomic E-state index is -0.547. The number of carbonyl (C=O) groups is 1. The number of carbonyl (C=O) groups excluding carboxylic acids is 1. The van der Waals surface area contributed by atoms with Gasteiger partial charge in [0, 0.05) is 29.4 Å². The quantitative estimate of drug-likeness (QED) is 0.407. The molecule has 30 heavy (non-hydrogen) atoms. The summed E-state index contributed by atoms with van der Waals surface area (Å²) in [5.74, 6) is -0.513. The number of nitro groups is 1. The molecule has 0 saturated heterocycles. The summed E-state index contributed by atoms with van der Waals surface area (Å²) in [4.78, 5) is 34.9. The highest BCUT2D eigenvalue weighted by atomic mass is 16.6. The van der Waals surface area contributed by atoms with E-state index in [0.29, 0.717) is 5.69 Å². The first-order valence-corrected chi connectivity index (χ1v) is 9.11. The van der Waals surface area contributed by atoms with Gasteiger partial charge >= 0.3 is 0 Å². The number of anilines is 1. The zero-order valence-corrected chi connectivity index (χ0v) is 15.7. The number of hydrogen-bond donors (Lipinski definition) is 1.